The number of ether oxygens (including phenoxy) is 3. The number of furan rings is 1. The Balaban J connectivity index is 1.67. The Morgan fingerprint density at radius 1 is 1.19 bits per heavy atom. The molecule has 1 heterocycles. The number of benzene rings is 1. The lowest BCUT2D eigenvalue weighted by Gasteiger charge is -2.14. The second kappa shape index (κ2) is 11.9. The minimum atomic E-state index is 0.500. The number of rotatable bonds is 11. The van der Waals surface area contributed by atoms with Gasteiger partial charge in [-0.15, -0.1) is 0 Å². The quantitative estimate of drug-likeness (QED) is 0.357. The Kier molecular flexibility index (Phi) is 9.06. The first-order chi connectivity index (χ1) is 13.3. The van der Waals surface area contributed by atoms with Crippen LogP contribution in [0.1, 0.15) is 24.7 Å². The standard InChI is InChI=1S/C20H29N3O4/c1-4-26-18-9-8-16(13-19(18)24-3)14-23-20(21-2)22-10-6-11-25-15-17-7-5-12-27-17/h5,7-9,12-13H,4,6,10-11,14-15H2,1-3H3,(H2,21,22,23). The molecule has 0 unspecified atom stereocenters. The van der Waals surface area contributed by atoms with E-state index in [1.807, 2.05) is 37.3 Å². The summed E-state index contributed by atoms with van der Waals surface area (Å²) in [5.74, 6) is 3.06. The molecule has 0 saturated carbocycles. The largest absolute Gasteiger partial charge is 0.493 e. The number of nitrogens with one attached hydrogen (secondary N) is 2. The van der Waals surface area contributed by atoms with Crippen molar-refractivity contribution in [3.05, 3.63) is 47.9 Å². The van der Waals surface area contributed by atoms with Crippen LogP contribution in [0.15, 0.2) is 46.0 Å². The van der Waals surface area contributed by atoms with Gasteiger partial charge in [0.05, 0.1) is 20.0 Å². The summed E-state index contributed by atoms with van der Waals surface area (Å²) >= 11 is 0. The fourth-order valence-corrected chi connectivity index (χ4v) is 2.45. The van der Waals surface area contributed by atoms with Gasteiger partial charge in [-0.1, -0.05) is 6.07 Å². The molecule has 0 bridgehead atoms. The predicted octanol–water partition coefficient (Wildman–Crippen LogP) is 2.96. The first-order valence-electron chi connectivity index (χ1n) is 9.11. The molecule has 0 spiro atoms. The second-order valence-corrected chi connectivity index (χ2v) is 5.76. The summed E-state index contributed by atoms with van der Waals surface area (Å²) in [4.78, 5) is 4.23. The van der Waals surface area contributed by atoms with E-state index in [1.54, 1.807) is 20.4 Å². The van der Waals surface area contributed by atoms with Crippen LogP contribution in [0.5, 0.6) is 11.5 Å². The number of hydrogen-bond donors (Lipinski definition) is 2. The van der Waals surface area contributed by atoms with Crippen molar-refractivity contribution in [3.8, 4) is 11.5 Å². The minimum absolute atomic E-state index is 0.500. The van der Waals surface area contributed by atoms with Gasteiger partial charge >= 0.3 is 0 Å². The van der Waals surface area contributed by atoms with Crippen LogP contribution in [-0.2, 0) is 17.9 Å². The van der Waals surface area contributed by atoms with E-state index in [4.69, 9.17) is 18.6 Å². The van der Waals surface area contributed by atoms with Crippen molar-refractivity contribution in [1.29, 1.82) is 0 Å². The molecule has 0 aliphatic heterocycles. The lowest BCUT2D eigenvalue weighted by Crippen LogP contribution is -2.37. The third kappa shape index (κ3) is 7.22. The Labute approximate surface area is 160 Å². The molecule has 0 amide bonds. The van der Waals surface area contributed by atoms with Gasteiger partial charge in [0.25, 0.3) is 0 Å². The van der Waals surface area contributed by atoms with Crippen molar-refractivity contribution in [2.24, 2.45) is 4.99 Å². The fourth-order valence-electron chi connectivity index (χ4n) is 2.45. The molecule has 0 fully saturated rings. The van der Waals surface area contributed by atoms with Gasteiger partial charge in [0.1, 0.15) is 12.4 Å². The maximum atomic E-state index is 5.56. The molecule has 0 radical (unpaired) electrons. The van der Waals surface area contributed by atoms with Crippen LogP contribution < -0.4 is 20.1 Å². The molecule has 148 valence electrons. The Morgan fingerprint density at radius 3 is 2.78 bits per heavy atom. The van der Waals surface area contributed by atoms with Crippen molar-refractivity contribution < 1.29 is 18.6 Å². The highest BCUT2D eigenvalue weighted by Gasteiger charge is 2.06. The summed E-state index contributed by atoms with van der Waals surface area (Å²) in [6, 6.07) is 9.66. The van der Waals surface area contributed by atoms with Crippen molar-refractivity contribution in [3.63, 3.8) is 0 Å². The summed E-state index contributed by atoms with van der Waals surface area (Å²) in [5, 5.41) is 6.56. The number of guanidine groups is 1. The van der Waals surface area contributed by atoms with Crippen molar-refractivity contribution in [2.45, 2.75) is 26.5 Å². The average molecular weight is 375 g/mol. The third-order valence-electron chi connectivity index (χ3n) is 3.79. The number of nitrogens with zero attached hydrogens (tertiary/aromatic N) is 1. The summed E-state index contributed by atoms with van der Waals surface area (Å²) in [5.41, 5.74) is 1.08. The van der Waals surface area contributed by atoms with E-state index in [0.717, 1.165) is 41.7 Å². The molecular weight excluding hydrogens is 346 g/mol. The summed E-state index contributed by atoms with van der Waals surface area (Å²) in [6.07, 6.45) is 2.52. The molecule has 0 aliphatic carbocycles. The van der Waals surface area contributed by atoms with Crippen LogP contribution in [0.4, 0.5) is 0 Å². The van der Waals surface area contributed by atoms with Crippen molar-refractivity contribution in [1.82, 2.24) is 10.6 Å². The minimum Gasteiger partial charge on any atom is -0.493 e. The van der Waals surface area contributed by atoms with E-state index < -0.39 is 0 Å². The van der Waals surface area contributed by atoms with Gasteiger partial charge < -0.3 is 29.3 Å². The lowest BCUT2D eigenvalue weighted by atomic mass is 10.2. The lowest BCUT2D eigenvalue weighted by molar-refractivity contribution is 0.105. The van der Waals surface area contributed by atoms with E-state index in [2.05, 4.69) is 15.6 Å². The summed E-state index contributed by atoms with van der Waals surface area (Å²) < 4.78 is 21.7. The molecule has 0 atom stereocenters. The highest BCUT2D eigenvalue weighted by atomic mass is 16.5. The van der Waals surface area contributed by atoms with E-state index in [1.165, 1.54) is 0 Å². The van der Waals surface area contributed by atoms with E-state index in [-0.39, 0.29) is 0 Å². The predicted molar refractivity (Wildman–Crippen MR) is 105 cm³/mol. The highest BCUT2D eigenvalue weighted by molar-refractivity contribution is 5.79. The zero-order valence-electron chi connectivity index (χ0n) is 16.3. The molecule has 2 aromatic rings. The van der Waals surface area contributed by atoms with Gasteiger partial charge in [-0.3, -0.25) is 4.99 Å². The van der Waals surface area contributed by atoms with Crippen LogP contribution in [0.2, 0.25) is 0 Å². The fraction of sp³-hybridized carbons (Fsp3) is 0.450. The van der Waals surface area contributed by atoms with Crippen molar-refractivity contribution in [2.75, 3.05) is 33.9 Å². The molecule has 2 rings (SSSR count). The molecule has 0 saturated heterocycles. The molecular formula is C20H29N3O4. The van der Waals surface area contributed by atoms with Gasteiger partial charge in [-0.05, 0) is 43.2 Å². The third-order valence-corrected chi connectivity index (χ3v) is 3.79. The smallest absolute Gasteiger partial charge is 0.191 e. The molecule has 1 aromatic carbocycles. The van der Waals surface area contributed by atoms with Gasteiger partial charge in [0, 0.05) is 26.7 Å². The van der Waals surface area contributed by atoms with Crippen LogP contribution in [0.3, 0.4) is 0 Å². The molecule has 2 N–H and O–H groups in total. The molecule has 27 heavy (non-hydrogen) atoms. The first kappa shape index (κ1) is 20.6. The van der Waals surface area contributed by atoms with Gasteiger partial charge in [-0.25, -0.2) is 0 Å². The van der Waals surface area contributed by atoms with Crippen LogP contribution >= 0.6 is 0 Å². The normalized spacial score (nSPS) is 11.3. The molecule has 7 heteroatoms. The van der Waals surface area contributed by atoms with Gasteiger partial charge in [-0.2, -0.15) is 0 Å². The molecule has 1 aromatic heterocycles. The Hall–Kier alpha value is -2.67. The van der Waals surface area contributed by atoms with Crippen LogP contribution in [0.25, 0.3) is 0 Å². The number of hydrogen-bond acceptors (Lipinski definition) is 5. The van der Waals surface area contributed by atoms with E-state index >= 15 is 0 Å². The SMILES string of the molecule is CCOc1ccc(CNC(=NC)NCCCOCc2ccco2)cc1OC. The average Bonchev–Trinajstić information content (AvgIpc) is 3.21. The highest BCUT2D eigenvalue weighted by Crippen LogP contribution is 2.27. The Morgan fingerprint density at radius 2 is 2.07 bits per heavy atom. The van der Waals surface area contributed by atoms with Gasteiger partial charge in [0.2, 0.25) is 0 Å². The number of methoxy groups -OCH3 is 1. The maximum Gasteiger partial charge on any atom is 0.191 e. The molecule has 0 aliphatic rings. The second-order valence-electron chi connectivity index (χ2n) is 5.76. The first-order valence-corrected chi connectivity index (χ1v) is 9.11. The zero-order valence-corrected chi connectivity index (χ0v) is 16.3. The Bertz CT molecular complexity index is 687. The monoisotopic (exact) mass is 375 g/mol. The van der Waals surface area contributed by atoms with E-state index in [0.29, 0.717) is 26.4 Å². The topological polar surface area (TPSA) is 77.2 Å². The van der Waals surface area contributed by atoms with E-state index in [9.17, 15) is 0 Å². The van der Waals surface area contributed by atoms with Crippen LogP contribution in [0, 0.1) is 0 Å². The van der Waals surface area contributed by atoms with Crippen molar-refractivity contribution >= 4 is 5.96 Å². The molecule has 7 nitrogen and oxygen atoms in total. The summed E-state index contributed by atoms with van der Waals surface area (Å²) in [6.45, 7) is 5.12. The maximum absolute atomic E-state index is 5.56. The zero-order chi connectivity index (χ0) is 19.3. The van der Waals surface area contributed by atoms with Gasteiger partial charge in [0.15, 0.2) is 17.5 Å². The summed E-state index contributed by atoms with van der Waals surface area (Å²) in [7, 11) is 3.39. The number of aliphatic imine (C=N–C) groups is 1. The van der Waals surface area contributed by atoms with Crippen LogP contribution in [-0.4, -0.2) is 39.9 Å².